The first-order chi connectivity index (χ1) is 19.4. The predicted octanol–water partition coefficient (Wildman–Crippen LogP) is 3.79. The number of nitro groups is 1. The summed E-state index contributed by atoms with van der Waals surface area (Å²) in [5, 5.41) is 43.1. The Morgan fingerprint density at radius 2 is 1.18 bits per heavy atom. The Kier molecular flexibility index (Phi) is 8.20. The molecule has 1 saturated heterocycles. The quantitative estimate of drug-likeness (QED) is 0.165. The zero-order valence-electron chi connectivity index (χ0n) is 21.4. The van der Waals surface area contributed by atoms with E-state index in [1.54, 1.807) is 0 Å². The van der Waals surface area contributed by atoms with Crippen LogP contribution < -0.4 is 4.74 Å². The molecule has 1 aliphatic rings. The third-order valence-electron chi connectivity index (χ3n) is 6.97. The van der Waals surface area contributed by atoms with E-state index in [0.29, 0.717) is 0 Å². The van der Waals surface area contributed by atoms with Crippen LogP contribution in [0.3, 0.4) is 0 Å². The molecule has 5 rings (SSSR count). The second-order valence-electron chi connectivity index (χ2n) is 9.47. The highest BCUT2D eigenvalue weighted by Gasteiger charge is 2.47. The third kappa shape index (κ3) is 5.46. The minimum atomic E-state index is -1.59. The summed E-state index contributed by atoms with van der Waals surface area (Å²) < 4.78 is 18.4. The largest absolute Gasteiger partial charge is 0.462 e. The number of hydrogen-bond acceptors (Lipinski definition) is 8. The third-order valence-corrected chi connectivity index (χ3v) is 6.97. The molecule has 0 bridgehead atoms. The van der Waals surface area contributed by atoms with E-state index in [-0.39, 0.29) is 18.0 Å². The summed E-state index contributed by atoms with van der Waals surface area (Å²) in [6, 6.07) is 34.2. The van der Waals surface area contributed by atoms with E-state index in [4.69, 9.17) is 14.2 Å². The molecule has 5 atom stereocenters. The second-order valence-corrected chi connectivity index (χ2v) is 9.47. The molecule has 206 valence electrons. The van der Waals surface area contributed by atoms with Crippen LogP contribution in [0.25, 0.3) is 0 Å². The number of benzene rings is 4. The minimum Gasteiger partial charge on any atom is -0.462 e. The SMILES string of the molecule is O=[N+]([O-])c1ccc(O[C@H]2OC(COC(c3ccccc3)(c3ccccc3)c3ccccc3)[C@@H](O)[C@@H](O)C2O)cc1. The Morgan fingerprint density at radius 1 is 0.700 bits per heavy atom. The van der Waals surface area contributed by atoms with Crippen LogP contribution in [0, 0.1) is 10.1 Å². The van der Waals surface area contributed by atoms with Crippen molar-refractivity contribution in [3.63, 3.8) is 0 Å². The fourth-order valence-electron chi connectivity index (χ4n) is 4.91. The first-order valence-electron chi connectivity index (χ1n) is 12.8. The van der Waals surface area contributed by atoms with Crippen LogP contribution in [0.2, 0.25) is 0 Å². The van der Waals surface area contributed by atoms with Crippen molar-refractivity contribution in [3.8, 4) is 5.75 Å². The number of hydrogen-bond donors (Lipinski definition) is 3. The number of ether oxygens (including phenoxy) is 3. The lowest BCUT2D eigenvalue weighted by atomic mass is 9.80. The number of aliphatic hydroxyl groups is 3. The van der Waals surface area contributed by atoms with E-state index in [0.717, 1.165) is 16.7 Å². The Balaban J connectivity index is 1.46. The molecule has 40 heavy (non-hydrogen) atoms. The van der Waals surface area contributed by atoms with Crippen LogP contribution in [0.15, 0.2) is 115 Å². The molecule has 0 radical (unpaired) electrons. The Hall–Kier alpha value is -4.12. The molecule has 0 aliphatic carbocycles. The van der Waals surface area contributed by atoms with Gasteiger partial charge in [0.25, 0.3) is 5.69 Å². The van der Waals surface area contributed by atoms with E-state index < -0.39 is 41.2 Å². The van der Waals surface area contributed by atoms with Gasteiger partial charge >= 0.3 is 0 Å². The van der Waals surface area contributed by atoms with Crippen molar-refractivity contribution in [2.45, 2.75) is 36.3 Å². The number of rotatable bonds is 9. The molecule has 1 fully saturated rings. The molecule has 3 N–H and O–H groups in total. The van der Waals surface area contributed by atoms with Gasteiger partial charge in [0.15, 0.2) is 0 Å². The molecule has 0 spiro atoms. The normalized spacial score (nSPS) is 22.9. The number of nitro benzene ring substituents is 1. The smallest absolute Gasteiger partial charge is 0.269 e. The van der Waals surface area contributed by atoms with E-state index in [1.807, 2.05) is 91.0 Å². The van der Waals surface area contributed by atoms with Crippen molar-refractivity contribution < 1.29 is 34.5 Å². The maximum Gasteiger partial charge on any atom is 0.269 e. The van der Waals surface area contributed by atoms with Crippen LogP contribution in [-0.4, -0.2) is 57.6 Å². The van der Waals surface area contributed by atoms with Gasteiger partial charge in [-0.2, -0.15) is 0 Å². The van der Waals surface area contributed by atoms with E-state index >= 15 is 0 Å². The summed E-state index contributed by atoms with van der Waals surface area (Å²) in [6.45, 7) is -0.177. The summed E-state index contributed by atoms with van der Waals surface area (Å²) in [4.78, 5) is 10.4. The monoisotopic (exact) mass is 543 g/mol. The van der Waals surface area contributed by atoms with Crippen LogP contribution in [0.1, 0.15) is 16.7 Å². The van der Waals surface area contributed by atoms with Gasteiger partial charge in [0.1, 0.15) is 35.8 Å². The zero-order valence-corrected chi connectivity index (χ0v) is 21.4. The van der Waals surface area contributed by atoms with Crippen molar-refractivity contribution in [1.29, 1.82) is 0 Å². The first-order valence-corrected chi connectivity index (χ1v) is 12.8. The highest BCUT2D eigenvalue weighted by Crippen LogP contribution is 2.41. The average Bonchev–Trinajstić information content (AvgIpc) is 3.00. The van der Waals surface area contributed by atoms with Gasteiger partial charge in [0.2, 0.25) is 6.29 Å². The Bertz CT molecular complexity index is 1290. The maximum atomic E-state index is 11.0. The van der Waals surface area contributed by atoms with Crippen molar-refractivity contribution in [1.82, 2.24) is 0 Å². The molecular formula is C31H29NO8. The molecule has 4 aromatic carbocycles. The molecule has 9 heteroatoms. The molecule has 2 unspecified atom stereocenters. The topological polar surface area (TPSA) is 132 Å². The summed E-state index contributed by atoms with van der Waals surface area (Å²) >= 11 is 0. The molecule has 4 aromatic rings. The Morgan fingerprint density at radius 3 is 1.62 bits per heavy atom. The number of non-ortho nitro benzene ring substituents is 1. The molecule has 1 heterocycles. The average molecular weight is 544 g/mol. The van der Waals surface area contributed by atoms with Gasteiger partial charge in [-0.1, -0.05) is 91.0 Å². The molecule has 9 nitrogen and oxygen atoms in total. The van der Waals surface area contributed by atoms with Gasteiger partial charge in [0, 0.05) is 12.1 Å². The molecule has 1 aliphatic heterocycles. The van der Waals surface area contributed by atoms with Crippen LogP contribution >= 0.6 is 0 Å². The number of aliphatic hydroxyl groups excluding tert-OH is 3. The molecule has 0 saturated carbocycles. The minimum absolute atomic E-state index is 0.127. The highest BCUT2D eigenvalue weighted by molar-refractivity contribution is 5.47. The number of nitrogens with zero attached hydrogens (tertiary/aromatic N) is 1. The lowest BCUT2D eigenvalue weighted by Gasteiger charge is -2.42. The van der Waals surface area contributed by atoms with Crippen LogP contribution in [0.5, 0.6) is 5.75 Å². The second kappa shape index (κ2) is 12.0. The summed E-state index contributed by atoms with van der Waals surface area (Å²) in [7, 11) is 0. The van der Waals surface area contributed by atoms with E-state index in [9.17, 15) is 25.4 Å². The lowest BCUT2D eigenvalue weighted by molar-refractivity contribution is -0.384. The van der Waals surface area contributed by atoms with Gasteiger partial charge in [-0.25, -0.2) is 0 Å². The van der Waals surface area contributed by atoms with Gasteiger partial charge in [0.05, 0.1) is 11.5 Å². The maximum absolute atomic E-state index is 11.0. The predicted molar refractivity (Wildman–Crippen MR) is 146 cm³/mol. The van der Waals surface area contributed by atoms with Crippen LogP contribution in [0.4, 0.5) is 5.69 Å². The molecule has 0 amide bonds. The van der Waals surface area contributed by atoms with Crippen molar-refractivity contribution in [2.75, 3.05) is 6.61 Å². The van der Waals surface area contributed by atoms with Gasteiger partial charge < -0.3 is 29.5 Å². The van der Waals surface area contributed by atoms with Gasteiger partial charge in [-0.05, 0) is 28.8 Å². The summed E-state index contributed by atoms with van der Waals surface area (Å²) in [5.74, 6) is 0.185. The van der Waals surface area contributed by atoms with Gasteiger partial charge in [-0.15, -0.1) is 0 Å². The van der Waals surface area contributed by atoms with Crippen molar-refractivity contribution >= 4 is 5.69 Å². The summed E-state index contributed by atoms with van der Waals surface area (Å²) in [5.41, 5.74) is 1.31. The van der Waals surface area contributed by atoms with Crippen molar-refractivity contribution in [3.05, 3.63) is 142 Å². The fourth-order valence-corrected chi connectivity index (χ4v) is 4.91. The van der Waals surface area contributed by atoms with E-state index in [1.165, 1.54) is 24.3 Å². The lowest BCUT2D eigenvalue weighted by Crippen LogP contribution is -2.60. The van der Waals surface area contributed by atoms with Crippen LogP contribution in [-0.2, 0) is 15.1 Å². The van der Waals surface area contributed by atoms with Gasteiger partial charge in [-0.3, -0.25) is 10.1 Å². The zero-order chi connectivity index (χ0) is 28.1. The standard InChI is InChI=1S/C31H29NO8/c33-27-26(40-30(29(35)28(27)34)39-25-18-16-24(17-19-25)32(36)37)20-38-31(21-10-4-1-5-11-21,22-12-6-2-7-13-22)23-14-8-3-9-15-23/h1-19,26-30,33-35H,20H2/t26?,27-,28-,29?,30+/m1/s1. The highest BCUT2D eigenvalue weighted by atomic mass is 16.7. The summed E-state index contributed by atoms with van der Waals surface area (Å²) in [6.07, 6.45) is -7.11. The Labute approximate surface area is 231 Å². The molecule has 0 aromatic heterocycles. The van der Waals surface area contributed by atoms with E-state index in [2.05, 4.69) is 0 Å². The fraction of sp³-hybridized carbons (Fsp3) is 0.226. The van der Waals surface area contributed by atoms with Crippen molar-refractivity contribution in [2.24, 2.45) is 0 Å². The molecular weight excluding hydrogens is 514 g/mol. The first kappa shape index (κ1) is 27.4.